The summed E-state index contributed by atoms with van der Waals surface area (Å²) in [5, 5.41) is 0. The minimum absolute atomic E-state index is 0.163. The molecule has 1 heterocycles. The maximum atomic E-state index is 12.9. The normalized spacial score (nSPS) is 22.1. The summed E-state index contributed by atoms with van der Waals surface area (Å²) in [6.45, 7) is 0.378. The number of benzene rings is 2. The summed E-state index contributed by atoms with van der Waals surface area (Å²) in [5.41, 5.74) is 8.19. The molecule has 0 spiro atoms. The Kier molecular flexibility index (Phi) is 6.08. The van der Waals surface area contributed by atoms with E-state index in [4.69, 9.17) is 15.2 Å². The molecule has 0 saturated carbocycles. The van der Waals surface area contributed by atoms with Crippen molar-refractivity contribution in [3.8, 4) is 0 Å². The number of nitrogens with two attached hydrogens (primary N) is 1. The Morgan fingerprint density at radius 2 is 1.70 bits per heavy atom. The lowest BCUT2D eigenvalue weighted by Crippen LogP contribution is -2.53. The van der Waals surface area contributed by atoms with Crippen LogP contribution >= 0.6 is 0 Å². The second-order valence-electron chi connectivity index (χ2n) is 6.67. The number of carbonyl (C=O) groups is 2. The summed E-state index contributed by atoms with van der Waals surface area (Å²) >= 11 is 0. The maximum absolute atomic E-state index is 12.9. The highest BCUT2D eigenvalue weighted by atomic mass is 16.6. The van der Waals surface area contributed by atoms with Gasteiger partial charge in [0.05, 0.1) is 19.1 Å². The second kappa shape index (κ2) is 8.68. The third-order valence-electron chi connectivity index (χ3n) is 4.83. The molecular formula is C21H24N2O4. The number of methoxy groups -OCH3 is 1. The number of nitrogens with zero attached hydrogens (tertiary/aromatic N) is 1. The standard InChI is InChI=1S/C21H24N2O4/c1-26-20(24)17-12-18(22)19(16-10-6-3-7-11-16)23(13-17)21(25)27-14-15-8-4-2-5-9-15/h2-11,17-19H,12-14,22H2,1H3/t17-,18+,19+/m1/s1. The van der Waals surface area contributed by atoms with Gasteiger partial charge in [0.1, 0.15) is 6.61 Å². The number of hydrogen-bond acceptors (Lipinski definition) is 5. The first kappa shape index (κ1) is 18.9. The molecule has 2 N–H and O–H groups in total. The first-order valence-corrected chi connectivity index (χ1v) is 8.96. The van der Waals surface area contributed by atoms with E-state index >= 15 is 0 Å². The van der Waals surface area contributed by atoms with Crippen LogP contribution in [0.3, 0.4) is 0 Å². The number of piperidine rings is 1. The smallest absolute Gasteiger partial charge is 0.410 e. The van der Waals surface area contributed by atoms with Crippen LogP contribution in [0.4, 0.5) is 4.79 Å². The lowest BCUT2D eigenvalue weighted by Gasteiger charge is -2.42. The molecule has 1 aliphatic rings. The quantitative estimate of drug-likeness (QED) is 0.839. The van der Waals surface area contributed by atoms with Crippen molar-refractivity contribution in [2.24, 2.45) is 11.7 Å². The fourth-order valence-corrected chi connectivity index (χ4v) is 3.52. The third-order valence-corrected chi connectivity index (χ3v) is 4.83. The first-order valence-electron chi connectivity index (χ1n) is 8.96. The van der Waals surface area contributed by atoms with Crippen molar-refractivity contribution < 1.29 is 19.1 Å². The van der Waals surface area contributed by atoms with Crippen molar-refractivity contribution in [3.05, 3.63) is 71.8 Å². The highest BCUT2D eigenvalue weighted by Gasteiger charge is 2.41. The lowest BCUT2D eigenvalue weighted by atomic mass is 9.85. The number of amides is 1. The molecule has 27 heavy (non-hydrogen) atoms. The van der Waals surface area contributed by atoms with Gasteiger partial charge >= 0.3 is 12.1 Å². The van der Waals surface area contributed by atoms with Gasteiger partial charge in [0.2, 0.25) is 0 Å². The molecule has 0 aromatic heterocycles. The molecule has 1 amide bonds. The van der Waals surface area contributed by atoms with E-state index in [-0.39, 0.29) is 25.2 Å². The van der Waals surface area contributed by atoms with Gasteiger partial charge in [-0.2, -0.15) is 0 Å². The third kappa shape index (κ3) is 4.46. The van der Waals surface area contributed by atoms with Gasteiger partial charge in [0.15, 0.2) is 0 Å². The minimum atomic E-state index is -0.489. The molecule has 0 bridgehead atoms. The zero-order valence-corrected chi connectivity index (χ0v) is 15.3. The number of esters is 1. The SMILES string of the molecule is COC(=O)[C@@H]1C[C@H](N)[C@H](c2ccccc2)N(C(=O)OCc2ccccc2)C1. The number of likely N-dealkylation sites (tertiary alicyclic amines) is 1. The molecule has 0 aliphatic carbocycles. The van der Waals surface area contributed by atoms with Gasteiger partial charge in [-0.15, -0.1) is 0 Å². The Hall–Kier alpha value is -2.86. The molecular weight excluding hydrogens is 344 g/mol. The van der Waals surface area contributed by atoms with Gasteiger partial charge in [-0.25, -0.2) is 4.79 Å². The molecule has 0 radical (unpaired) electrons. The summed E-state index contributed by atoms with van der Waals surface area (Å²) in [6, 6.07) is 18.3. The molecule has 2 aromatic carbocycles. The average molecular weight is 368 g/mol. The van der Waals surface area contributed by atoms with E-state index in [1.54, 1.807) is 4.90 Å². The number of rotatable bonds is 4. The molecule has 1 fully saturated rings. The Bertz CT molecular complexity index is 766. The molecule has 2 aromatic rings. The van der Waals surface area contributed by atoms with Crippen LogP contribution in [0.25, 0.3) is 0 Å². The van der Waals surface area contributed by atoms with E-state index in [1.165, 1.54) is 7.11 Å². The molecule has 0 unspecified atom stereocenters. The van der Waals surface area contributed by atoms with Crippen LogP contribution in [0.1, 0.15) is 23.6 Å². The van der Waals surface area contributed by atoms with E-state index in [9.17, 15) is 9.59 Å². The highest BCUT2D eigenvalue weighted by molar-refractivity contribution is 5.75. The van der Waals surface area contributed by atoms with Gasteiger partial charge in [0.25, 0.3) is 0 Å². The Morgan fingerprint density at radius 1 is 1.07 bits per heavy atom. The molecule has 1 aliphatic heterocycles. The maximum Gasteiger partial charge on any atom is 0.410 e. The van der Waals surface area contributed by atoms with Gasteiger partial charge in [-0.1, -0.05) is 60.7 Å². The van der Waals surface area contributed by atoms with Gasteiger partial charge in [-0.3, -0.25) is 9.69 Å². The minimum Gasteiger partial charge on any atom is -0.469 e. The average Bonchev–Trinajstić information content (AvgIpc) is 2.72. The largest absolute Gasteiger partial charge is 0.469 e. The predicted molar refractivity (Wildman–Crippen MR) is 101 cm³/mol. The van der Waals surface area contributed by atoms with E-state index in [1.807, 2.05) is 60.7 Å². The highest BCUT2D eigenvalue weighted by Crippen LogP contribution is 2.33. The summed E-state index contributed by atoms with van der Waals surface area (Å²) in [5.74, 6) is -0.827. The monoisotopic (exact) mass is 368 g/mol. The van der Waals surface area contributed by atoms with Crippen molar-refractivity contribution in [1.29, 1.82) is 0 Å². The Labute approximate surface area is 158 Å². The molecule has 6 nitrogen and oxygen atoms in total. The van der Waals surface area contributed by atoms with Crippen molar-refractivity contribution in [3.63, 3.8) is 0 Å². The van der Waals surface area contributed by atoms with Crippen LogP contribution in [-0.2, 0) is 20.9 Å². The van der Waals surface area contributed by atoms with Crippen molar-refractivity contribution in [2.45, 2.75) is 25.1 Å². The summed E-state index contributed by atoms with van der Waals surface area (Å²) in [7, 11) is 1.34. The zero-order valence-electron chi connectivity index (χ0n) is 15.3. The molecule has 1 saturated heterocycles. The summed E-state index contributed by atoms with van der Waals surface area (Å²) in [4.78, 5) is 26.4. The van der Waals surface area contributed by atoms with Crippen molar-refractivity contribution >= 4 is 12.1 Å². The Balaban J connectivity index is 1.80. The second-order valence-corrected chi connectivity index (χ2v) is 6.67. The van der Waals surface area contributed by atoms with Crippen LogP contribution in [0.5, 0.6) is 0 Å². The molecule has 3 rings (SSSR count). The fourth-order valence-electron chi connectivity index (χ4n) is 3.52. The van der Waals surface area contributed by atoms with Crippen LogP contribution in [-0.4, -0.2) is 36.7 Å². The van der Waals surface area contributed by atoms with Crippen molar-refractivity contribution in [1.82, 2.24) is 4.90 Å². The molecule has 6 heteroatoms. The number of carbonyl (C=O) groups excluding carboxylic acids is 2. The van der Waals surface area contributed by atoms with Gasteiger partial charge < -0.3 is 15.2 Å². The van der Waals surface area contributed by atoms with Gasteiger partial charge in [0, 0.05) is 12.6 Å². The lowest BCUT2D eigenvalue weighted by molar-refractivity contribution is -0.148. The van der Waals surface area contributed by atoms with Crippen LogP contribution in [0.15, 0.2) is 60.7 Å². The zero-order chi connectivity index (χ0) is 19.2. The van der Waals surface area contributed by atoms with Crippen LogP contribution in [0, 0.1) is 5.92 Å². The molecule has 3 atom stereocenters. The number of hydrogen-bond donors (Lipinski definition) is 1. The van der Waals surface area contributed by atoms with E-state index < -0.39 is 18.1 Å². The fraction of sp³-hybridized carbons (Fsp3) is 0.333. The van der Waals surface area contributed by atoms with Crippen LogP contribution in [0.2, 0.25) is 0 Å². The Morgan fingerprint density at radius 3 is 2.33 bits per heavy atom. The topological polar surface area (TPSA) is 81.9 Å². The number of ether oxygens (including phenoxy) is 2. The first-order chi connectivity index (χ1) is 13.1. The molecule has 142 valence electrons. The van der Waals surface area contributed by atoms with E-state index in [0.717, 1.165) is 11.1 Å². The van der Waals surface area contributed by atoms with E-state index in [2.05, 4.69) is 0 Å². The van der Waals surface area contributed by atoms with Gasteiger partial charge in [-0.05, 0) is 17.5 Å². The van der Waals surface area contributed by atoms with Crippen LogP contribution < -0.4 is 5.73 Å². The van der Waals surface area contributed by atoms with E-state index in [0.29, 0.717) is 6.42 Å². The predicted octanol–water partition coefficient (Wildman–Crippen LogP) is 2.89. The summed E-state index contributed by atoms with van der Waals surface area (Å²) in [6.07, 6.45) is -0.0360. The summed E-state index contributed by atoms with van der Waals surface area (Å²) < 4.78 is 10.4. The van der Waals surface area contributed by atoms with Crippen molar-refractivity contribution in [2.75, 3.05) is 13.7 Å².